The highest BCUT2D eigenvalue weighted by atomic mass is 16.5. The predicted octanol–water partition coefficient (Wildman–Crippen LogP) is 4.12. The Bertz CT molecular complexity index is 1090. The van der Waals surface area contributed by atoms with Gasteiger partial charge in [0.2, 0.25) is 0 Å². The van der Waals surface area contributed by atoms with Gasteiger partial charge in [-0.2, -0.15) is 0 Å². The molecule has 0 radical (unpaired) electrons. The van der Waals surface area contributed by atoms with Crippen molar-refractivity contribution >= 4 is 28.7 Å². The fourth-order valence-electron chi connectivity index (χ4n) is 3.35. The summed E-state index contributed by atoms with van der Waals surface area (Å²) in [5.74, 6) is 0.0178. The molecule has 1 atom stereocenters. The molecule has 164 valence electrons. The third-order valence-corrected chi connectivity index (χ3v) is 4.97. The molecule has 2 aromatic heterocycles. The molecule has 0 bridgehead atoms. The van der Waals surface area contributed by atoms with Crippen LogP contribution in [0, 0.1) is 6.92 Å². The predicted molar refractivity (Wildman–Crippen MR) is 123 cm³/mol. The molecular formula is C24H30N4O3. The van der Waals surface area contributed by atoms with Crippen LogP contribution in [0.4, 0.5) is 5.82 Å². The lowest BCUT2D eigenvalue weighted by Gasteiger charge is -2.22. The number of fused-ring (bicyclic) bond motifs is 1. The number of ether oxygens (including phenoxy) is 1. The van der Waals surface area contributed by atoms with E-state index < -0.39 is 0 Å². The monoisotopic (exact) mass is 422 g/mol. The van der Waals surface area contributed by atoms with Crippen molar-refractivity contribution in [2.45, 2.75) is 46.2 Å². The Kier molecular flexibility index (Phi) is 6.45. The number of hydrogen-bond donors (Lipinski definition) is 2. The van der Waals surface area contributed by atoms with E-state index in [1.54, 1.807) is 25.3 Å². The average molecular weight is 423 g/mol. The SMILES string of the molecule is COCC(C)NC(=O)c1cn(C(C)(C)C)c2nc(NC(=O)c3ccc(C)cc3)ccc12. The zero-order valence-electron chi connectivity index (χ0n) is 18.9. The van der Waals surface area contributed by atoms with Crippen LogP contribution in [0.25, 0.3) is 11.0 Å². The standard InChI is InChI=1S/C24H30N4O3/c1-15-7-9-17(10-8-15)22(29)27-20-12-11-18-19(23(30)25-16(2)14-31-6)13-28(21(18)26-20)24(3,4)5/h7-13,16H,14H2,1-6H3,(H,25,30)(H,26,27,29). The second-order valence-electron chi connectivity index (χ2n) is 8.80. The maximum atomic E-state index is 12.9. The summed E-state index contributed by atoms with van der Waals surface area (Å²) in [6.45, 7) is 10.4. The maximum Gasteiger partial charge on any atom is 0.256 e. The number of methoxy groups -OCH3 is 1. The van der Waals surface area contributed by atoms with Crippen LogP contribution in [-0.2, 0) is 10.3 Å². The van der Waals surface area contributed by atoms with Crippen LogP contribution in [-0.4, -0.2) is 41.1 Å². The number of nitrogens with one attached hydrogen (secondary N) is 2. The molecule has 0 spiro atoms. The second-order valence-corrected chi connectivity index (χ2v) is 8.80. The molecule has 7 heteroatoms. The van der Waals surface area contributed by atoms with Gasteiger partial charge in [0.25, 0.3) is 11.8 Å². The molecule has 2 amide bonds. The number of nitrogens with zero attached hydrogens (tertiary/aromatic N) is 2. The van der Waals surface area contributed by atoms with Gasteiger partial charge in [-0.05, 0) is 58.9 Å². The summed E-state index contributed by atoms with van der Waals surface area (Å²) in [5, 5.41) is 6.53. The molecule has 0 aliphatic rings. The van der Waals surface area contributed by atoms with Gasteiger partial charge in [-0.15, -0.1) is 0 Å². The van der Waals surface area contributed by atoms with Gasteiger partial charge in [0, 0.05) is 35.8 Å². The minimum Gasteiger partial charge on any atom is -0.383 e. The molecule has 2 N–H and O–H groups in total. The Morgan fingerprint density at radius 3 is 2.39 bits per heavy atom. The van der Waals surface area contributed by atoms with E-state index in [9.17, 15) is 9.59 Å². The highest BCUT2D eigenvalue weighted by Crippen LogP contribution is 2.28. The molecule has 2 heterocycles. The average Bonchev–Trinajstić information content (AvgIpc) is 3.08. The van der Waals surface area contributed by atoms with Gasteiger partial charge in [-0.25, -0.2) is 4.98 Å². The fourth-order valence-corrected chi connectivity index (χ4v) is 3.35. The molecule has 3 aromatic rings. The maximum absolute atomic E-state index is 12.9. The third kappa shape index (κ3) is 5.11. The van der Waals surface area contributed by atoms with Crippen molar-refractivity contribution in [3.63, 3.8) is 0 Å². The summed E-state index contributed by atoms with van der Waals surface area (Å²) in [6, 6.07) is 10.8. The lowest BCUT2D eigenvalue weighted by molar-refractivity contribution is 0.0906. The lowest BCUT2D eigenvalue weighted by atomic mass is 10.1. The first kappa shape index (κ1) is 22.5. The number of amides is 2. The van der Waals surface area contributed by atoms with Gasteiger partial charge in [-0.3, -0.25) is 9.59 Å². The van der Waals surface area contributed by atoms with E-state index in [0.717, 1.165) is 10.9 Å². The summed E-state index contributed by atoms with van der Waals surface area (Å²) in [5.41, 5.74) is 2.52. The van der Waals surface area contributed by atoms with Crippen LogP contribution in [0.5, 0.6) is 0 Å². The van der Waals surface area contributed by atoms with Crippen molar-refractivity contribution in [1.29, 1.82) is 0 Å². The van der Waals surface area contributed by atoms with E-state index in [0.29, 0.717) is 29.2 Å². The number of aryl methyl sites for hydroxylation is 1. The first-order valence-corrected chi connectivity index (χ1v) is 10.3. The van der Waals surface area contributed by atoms with Crippen molar-refractivity contribution in [2.75, 3.05) is 19.0 Å². The van der Waals surface area contributed by atoms with Crippen LogP contribution >= 0.6 is 0 Å². The van der Waals surface area contributed by atoms with E-state index in [2.05, 4.69) is 15.6 Å². The number of carbonyl (C=O) groups is 2. The summed E-state index contributed by atoms with van der Waals surface area (Å²) in [7, 11) is 1.60. The van der Waals surface area contributed by atoms with Crippen LogP contribution in [0.2, 0.25) is 0 Å². The van der Waals surface area contributed by atoms with Gasteiger partial charge >= 0.3 is 0 Å². The van der Waals surface area contributed by atoms with Gasteiger partial charge in [0.05, 0.1) is 12.2 Å². The highest BCUT2D eigenvalue weighted by molar-refractivity contribution is 6.08. The lowest BCUT2D eigenvalue weighted by Crippen LogP contribution is -2.35. The van der Waals surface area contributed by atoms with Gasteiger partial charge in [0.15, 0.2) is 0 Å². The summed E-state index contributed by atoms with van der Waals surface area (Å²) in [6.07, 6.45) is 1.82. The molecule has 0 saturated carbocycles. The Morgan fingerprint density at radius 2 is 1.77 bits per heavy atom. The van der Waals surface area contributed by atoms with Crippen LogP contribution in [0.15, 0.2) is 42.6 Å². The Labute approximate surface area is 182 Å². The van der Waals surface area contributed by atoms with Crippen molar-refractivity contribution in [3.8, 4) is 0 Å². The molecule has 0 saturated heterocycles. The van der Waals surface area contributed by atoms with E-state index in [-0.39, 0.29) is 23.4 Å². The van der Waals surface area contributed by atoms with Crippen molar-refractivity contribution in [2.24, 2.45) is 0 Å². The van der Waals surface area contributed by atoms with E-state index in [4.69, 9.17) is 4.74 Å². The normalized spacial score (nSPS) is 12.6. The zero-order chi connectivity index (χ0) is 22.8. The number of pyridine rings is 1. The quantitative estimate of drug-likeness (QED) is 0.626. The third-order valence-electron chi connectivity index (χ3n) is 4.97. The number of benzene rings is 1. The van der Waals surface area contributed by atoms with E-state index in [1.165, 1.54) is 0 Å². The summed E-state index contributed by atoms with van der Waals surface area (Å²) < 4.78 is 7.07. The molecule has 3 rings (SSSR count). The van der Waals surface area contributed by atoms with Crippen LogP contribution in [0.1, 0.15) is 54.0 Å². The molecule has 7 nitrogen and oxygen atoms in total. The molecule has 1 aromatic carbocycles. The largest absolute Gasteiger partial charge is 0.383 e. The van der Waals surface area contributed by atoms with Gasteiger partial charge < -0.3 is 19.9 Å². The number of hydrogen-bond acceptors (Lipinski definition) is 4. The smallest absolute Gasteiger partial charge is 0.256 e. The zero-order valence-corrected chi connectivity index (χ0v) is 18.9. The summed E-state index contributed by atoms with van der Waals surface area (Å²) >= 11 is 0. The Morgan fingerprint density at radius 1 is 1.10 bits per heavy atom. The Balaban J connectivity index is 1.96. The van der Waals surface area contributed by atoms with Crippen LogP contribution in [0.3, 0.4) is 0 Å². The molecule has 31 heavy (non-hydrogen) atoms. The number of anilines is 1. The topological polar surface area (TPSA) is 85.2 Å². The molecule has 0 fully saturated rings. The van der Waals surface area contributed by atoms with Crippen LogP contribution < -0.4 is 10.6 Å². The number of carbonyl (C=O) groups excluding carboxylic acids is 2. The highest BCUT2D eigenvalue weighted by Gasteiger charge is 2.23. The second kappa shape index (κ2) is 8.89. The van der Waals surface area contributed by atoms with Crippen molar-refractivity contribution in [1.82, 2.24) is 14.9 Å². The first-order chi connectivity index (χ1) is 14.6. The van der Waals surface area contributed by atoms with Gasteiger partial charge in [0.1, 0.15) is 11.5 Å². The Hall–Kier alpha value is -3.19. The molecular weight excluding hydrogens is 392 g/mol. The first-order valence-electron chi connectivity index (χ1n) is 10.3. The van der Waals surface area contributed by atoms with E-state index in [1.807, 2.05) is 63.6 Å². The summed E-state index contributed by atoms with van der Waals surface area (Å²) in [4.78, 5) is 30.2. The molecule has 0 aliphatic heterocycles. The fraction of sp³-hybridized carbons (Fsp3) is 0.375. The van der Waals surface area contributed by atoms with E-state index >= 15 is 0 Å². The van der Waals surface area contributed by atoms with Crippen molar-refractivity contribution < 1.29 is 14.3 Å². The van der Waals surface area contributed by atoms with Crippen molar-refractivity contribution in [3.05, 3.63) is 59.3 Å². The minimum atomic E-state index is -0.304. The number of rotatable bonds is 6. The molecule has 0 aliphatic carbocycles. The van der Waals surface area contributed by atoms with Gasteiger partial charge in [-0.1, -0.05) is 17.7 Å². The molecule has 1 unspecified atom stereocenters. The minimum absolute atomic E-state index is 0.119. The number of aromatic nitrogens is 2.